The van der Waals surface area contributed by atoms with Crippen molar-refractivity contribution in [1.29, 1.82) is 0 Å². The first-order valence-electron chi connectivity index (χ1n) is 9.55. The van der Waals surface area contributed by atoms with E-state index in [9.17, 15) is 9.59 Å². The average Bonchev–Trinajstić information content (AvgIpc) is 3.20. The summed E-state index contributed by atoms with van der Waals surface area (Å²) in [6.45, 7) is 0.432. The molecule has 7 heteroatoms. The molecule has 0 fully saturated rings. The van der Waals surface area contributed by atoms with Gasteiger partial charge in [0.2, 0.25) is 0 Å². The van der Waals surface area contributed by atoms with Crippen LogP contribution in [0.5, 0.6) is 0 Å². The fourth-order valence-electron chi connectivity index (χ4n) is 3.31. The van der Waals surface area contributed by atoms with Crippen LogP contribution in [0.3, 0.4) is 0 Å². The van der Waals surface area contributed by atoms with Crippen LogP contribution in [0.15, 0.2) is 85.3 Å². The molecule has 2 heterocycles. The Morgan fingerprint density at radius 3 is 2.50 bits per heavy atom. The zero-order valence-corrected chi connectivity index (χ0v) is 16.2. The van der Waals surface area contributed by atoms with Crippen LogP contribution in [-0.4, -0.2) is 21.5 Å². The molecule has 4 rings (SSSR count). The van der Waals surface area contributed by atoms with Gasteiger partial charge < -0.3 is 9.88 Å². The van der Waals surface area contributed by atoms with Crippen LogP contribution < -0.4 is 16.2 Å². The molecular weight excluding hydrogens is 378 g/mol. The number of pyridine rings is 1. The van der Waals surface area contributed by atoms with Crippen LogP contribution in [0.4, 0.5) is 4.79 Å². The number of para-hydroxylation sites is 1. The first kappa shape index (κ1) is 19.2. The fourth-order valence-corrected chi connectivity index (χ4v) is 3.31. The van der Waals surface area contributed by atoms with Crippen molar-refractivity contribution in [2.24, 2.45) is 0 Å². The van der Waals surface area contributed by atoms with Gasteiger partial charge in [0.1, 0.15) is 6.54 Å². The standard InChI is InChI=1S/C23H21N5O2/c29-22(16-28-14-11-18-5-2-4-8-21(18)28)26-27-23(30)25-15-19-6-1-3-7-20(19)17-9-12-24-13-10-17/h1-14H,15-16H2,(H,26,29)(H2,25,27,30). The number of rotatable bonds is 5. The van der Waals surface area contributed by atoms with Crippen LogP contribution in [0.25, 0.3) is 22.0 Å². The maximum absolute atomic E-state index is 12.2. The molecule has 0 atom stereocenters. The minimum atomic E-state index is -0.481. The SMILES string of the molecule is O=C(Cn1ccc2ccccc21)NNC(=O)NCc1ccccc1-c1ccncc1. The second-order valence-electron chi connectivity index (χ2n) is 6.75. The Balaban J connectivity index is 1.30. The summed E-state index contributed by atoms with van der Waals surface area (Å²) in [7, 11) is 0. The fraction of sp³-hybridized carbons (Fsp3) is 0.0870. The van der Waals surface area contributed by atoms with Crippen LogP contribution >= 0.6 is 0 Å². The van der Waals surface area contributed by atoms with Gasteiger partial charge in [0.05, 0.1) is 0 Å². The summed E-state index contributed by atoms with van der Waals surface area (Å²) in [6.07, 6.45) is 5.31. The largest absolute Gasteiger partial charge is 0.338 e. The molecule has 0 unspecified atom stereocenters. The molecule has 0 spiro atoms. The van der Waals surface area contributed by atoms with E-state index >= 15 is 0 Å². The van der Waals surface area contributed by atoms with E-state index in [0.29, 0.717) is 6.54 Å². The highest BCUT2D eigenvalue weighted by Gasteiger charge is 2.09. The Bertz CT molecular complexity index is 1170. The van der Waals surface area contributed by atoms with Crippen molar-refractivity contribution in [3.8, 4) is 11.1 Å². The van der Waals surface area contributed by atoms with Crippen molar-refractivity contribution < 1.29 is 9.59 Å². The summed E-state index contributed by atoms with van der Waals surface area (Å²) in [5.74, 6) is -0.316. The molecule has 0 aliphatic carbocycles. The summed E-state index contributed by atoms with van der Waals surface area (Å²) >= 11 is 0. The molecule has 3 N–H and O–H groups in total. The lowest BCUT2D eigenvalue weighted by Crippen LogP contribution is -2.47. The number of hydrazine groups is 1. The number of hydrogen-bond acceptors (Lipinski definition) is 3. The summed E-state index contributed by atoms with van der Waals surface area (Å²) in [6, 6.07) is 20.9. The topological polar surface area (TPSA) is 88.0 Å². The van der Waals surface area contributed by atoms with Crippen molar-refractivity contribution in [3.05, 3.63) is 90.9 Å². The van der Waals surface area contributed by atoms with E-state index in [4.69, 9.17) is 0 Å². The quantitative estimate of drug-likeness (QED) is 0.450. The Morgan fingerprint density at radius 2 is 1.63 bits per heavy atom. The molecule has 0 aliphatic rings. The van der Waals surface area contributed by atoms with E-state index < -0.39 is 6.03 Å². The van der Waals surface area contributed by atoms with E-state index in [1.807, 2.05) is 77.5 Å². The summed E-state index contributed by atoms with van der Waals surface area (Å²) < 4.78 is 1.83. The van der Waals surface area contributed by atoms with Crippen LogP contribution in [0.1, 0.15) is 5.56 Å². The molecule has 0 aliphatic heterocycles. The molecule has 150 valence electrons. The molecular formula is C23H21N5O2. The number of aromatic nitrogens is 2. The molecule has 0 bridgehead atoms. The van der Waals surface area contributed by atoms with Gasteiger partial charge in [-0.3, -0.25) is 15.2 Å². The molecule has 0 saturated heterocycles. The molecule has 2 aromatic carbocycles. The van der Waals surface area contributed by atoms with Crippen molar-refractivity contribution in [1.82, 2.24) is 25.7 Å². The number of carbonyl (C=O) groups is 2. The Kier molecular flexibility index (Phi) is 5.70. The zero-order valence-electron chi connectivity index (χ0n) is 16.2. The van der Waals surface area contributed by atoms with Gasteiger partial charge in [-0.05, 0) is 46.3 Å². The van der Waals surface area contributed by atoms with Crippen LogP contribution in [-0.2, 0) is 17.9 Å². The number of benzene rings is 2. The molecule has 4 aromatic rings. The van der Waals surface area contributed by atoms with E-state index in [0.717, 1.165) is 27.6 Å². The van der Waals surface area contributed by atoms with E-state index in [2.05, 4.69) is 21.2 Å². The maximum atomic E-state index is 12.2. The van der Waals surface area contributed by atoms with Crippen molar-refractivity contribution >= 4 is 22.8 Å². The van der Waals surface area contributed by atoms with E-state index in [-0.39, 0.29) is 12.5 Å². The highest BCUT2D eigenvalue weighted by Crippen LogP contribution is 2.22. The average molecular weight is 399 g/mol. The number of carbonyl (C=O) groups excluding carboxylic acids is 2. The predicted molar refractivity (Wildman–Crippen MR) is 115 cm³/mol. The monoisotopic (exact) mass is 399 g/mol. The number of nitrogens with zero attached hydrogens (tertiary/aromatic N) is 2. The summed E-state index contributed by atoms with van der Waals surface area (Å²) in [5, 5.41) is 3.82. The first-order valence-corrected chi connectivity index (χ1v) is 9.55. The van der Waals surface area contributed by atoms with Crippen LogP contribution in [0, 0.1) is 0 Å². The third-order valence-corrected chi connectivity index (χ3v) is 4.76. The predicted octanol–water partition coefficient (Wildman–Crippen LogP) is 3.23. The Labute approximate surface area is 173 Å². The molecule has 0 saturated carbocycles. The first-order chi connectivity index (χ1) is 14.7. The van der Waals surface area contributed by atoms with Gasteiger partial charge in [0, 0.05) is 30.7 Å². The van der Waals surface area contributed by atoms with Gasteiger partial charge >= 0.3 is 6.03 Å². The molecule has 30 heavy (non-hydrogen) atoms. The number of nitrogens with one attached hydrogen (secondary N) is 3. The number of amides is 3. The second-order valence-corrected chi connectivity index (χ2v) is 6.75. The van der Waals surface area contributed by atoms with Gasteiger partial charge in [-0.25, -0.2) is 10.2 Å². The number of fused-ring (bicyclic) bond motifs is 1. The summed E-state index contributed by atoms with van der Waals surface area (Å²) in [4.78, 5) is 28.4. The minimum Gasteiger partial charge on any atom is -0.338 e. The van der Waals surface area contributed by atoms with E-state index in [1.54, 1.807) is 12.4 Å². The third-order valence-electron chi connectivity index (χ3n) is 4.76. The van der Waals surface area contributed by atoms with Gasteiger partial charge in [-0.1, -0.05) is 42.5 Å². The number of urea groups is 1. The van der Waals surface area contributed by atoms with Crippen LogP contribution in [0.2, 0.25) is 0 Å². The van der Waals surface area contributed by atoms with Gasteiger partial charge in [-0.2, -0.15) is 0 Å². The van der Waals surface area contributed by atoms with Crippen molar-refractivity contribution in [2.75, 3.05) is 0 Å². The highest BCUT2D eigenvalue weighted by atomic mass is 16.2. The van der Waals surface area contributed by atoms with E-state index in [1.165, 1.54) is 0 Å². The second kappa shape index (κ2) is 8.91. The lowest BCUT2D eigenvalue weighted by Gasteiger charge is -2.12. The highest BCUT2D eigenvalue weighted by molar-refractivity contribution is 5.84. The lowest BCUT2D eigenvalue weighted by molar-refractivity contribution is -0.122. The van der Waals surface area contributed by atoms with Crippen molar-refractivity contribution in [2.45, 2.75) is 13.1 Å². The molecule has 3 amide bonds. The van der Waals surface area contributed by atoms with Gasteiger partial charge in [0.25, 0.3) is 5.91 Å². The molecule has 2 aromatic heterocycles. The van der Waals surface area contributed by atoms with Crippen molar-refractivity contribution in [3.63, 3.8) is 0 Å². The third kappa shape index (κ3) is 4.47. The zero-order chi connectivity index (χ0) is 20.8. The maximum Gasteiger partial charge on any atom is 0.333 e. The molecule has 7 nitrogen and oxygen atoms in total. The lowest BCUT2D eigenvalue weighted by atomic mass is 10.0. The Hall–Kier alpha value is -4.13. The number of hydrogen-bond donors (Lipinski definition) is 3. The summed E-state index contributed by atoms with van der Waals surface area (Å²) in [5.41, 5.74) is 8.80. The van der Waals surface area contributed by atoms with Gasteiger partial charge in [0.15, 0.2) is 0 Å². The Morgan fingerprint density at radius 1 is 0.867 bits per heavy atom. The smallest absolute Gasteiger partial charge is 0.333 e. The normalized spacial score (nSPS) is 10.5. The molecule has 0 radical (unpaired) electrons. The minimum absolute atomic E-state index is 0.110. The van der Waals surface area contributed by atoms with Gasteiger partial charge in [-0.15, -0.1) is 0 Å².